The summed E-state index contributed by atoms with van der Waals surface area (Å²) in [5.74, 6) is 0.722. The van der Waals surface area contributed by atoms with Crippen molar-refractivity contribution in [1.29, 1.82) is 0 Å². The first-order valence-corrected chi connectivity index (χ1v) is 8.12. The summed E-state index contributed by atoms with van der Waals surface area (Å²) in [6.07, 6.45) is 1.84. The van der Waals surface area contributed by atoms with Gasteiger partial charge in [-0.15, -0.1) is 0 Å². The van der Waals surface area contributed by atoms with Gasteiger partial charge in [0.05, 0.1) is 12.3 Å². The van der Waals surface area contributed by atoms with Crippen LogP contribution in [-0.4, -0.2) is 24.1 Å². The molecule has 0 spiro atoms. The minimum absolute atomic E-state index is 0.0768. The van der Waals surface area contributed by atoms with E-state index in [2.05, 4.69) is 30.4 Å². The van der Waals surface area contributed by atoms with Gasteiger partial charge in [-0.1, -0.05) is 43.3 Å². The summed E-state index contributed by atoms with van der Waals surface area (Å²) < 4.78 is 5.70. The van der Waals surface area contributed by atoms with E-state index in [-0.39, 0.29) is 6.03 Å². The number of urea groups is 1. The van der Waals surface area contributed by atoms with Crippen molar-refractivity contribution < 1.29 is 9.53 Å². The first-order chi connectivity index (χ1) is 11.3. The number of amides is 2. The fraction of sp³-hybridized carbons (Fsp3) is 0.316. The van der Waals surface area contributed by atoms with Crippen LogP contribution in [-0.2, 0) is 13.0 Å². The van der Waals surface area contributed by atoms with Gasteiger partial charge in [-0.2, -0.15) is 0 Å². The van der Waals surface area contributed by atoms with Crippen molar-refractivity contribution in [2.24, 2.45) is 0 Å². The van der Waals surface area contributed by atoms with E-state index < -0.39 is 0 Å². The van der Waals surface area contributed by atoms with E-state index in [0.717, 1.165) is 30.8 Å². The SMILES string of the molecule is CCCOc1ccccc1NC(=O)N1CCc2ccccc2C1. The van der Waals surface area contributed by atoms with Crippen LogP contribution >= 0.6 is 0 Å². The molecule has 4 nitrogen and oxygen atoms in total. The number of hydrogen-bond acceptors (Lipinski definition) is 2. The number of carbonyl (C=O) groups excluding carboxylic acids is 1. The molecule has 2 amide bonds. The van der Waals surface area contributed by atoms with Gasteiger partial charge >= 0.3 is 6.03 Å². The average molecular weight is 310 g/mol. The molecule has 1 aliphatic heterocycles. The Kier molecular flexibility index (Phi) is 4.81. The zero-order valence-corrected chi connectivity index (χ0v) is 13.4. The quantitative estimate of drug-likeness (QED) is 0.925. The highest BCUT2D eigenvalue weighted by Crippen LogP contribution is 2.25. The molecule has 0 radical (unpaired) electrons. The molecule has 0 aliphatic carbocycles. The predicted octanol–water partition coefficient (Wildman–Crippen LogP) is 4.07. The maximum absolute atomic E-state index is 12.6. The van der Waals surface area contributed by atoms with Crippen LogP contribution in [0.3, 0.4) is 0 Å². The number of nitrogens with zero attached hydrogens (tertiary/aromatic N) is 1. The Labute approximate surface area is 137 Å². The van der Waals surface area contributed by atoms with Gasteiger partial charge in [0, 0.05) is 13.1 Å². The van der Waals surface area contributed by atoms with Gasteiger partial charge in [-0.05, 0) is 36.1 Å². The Hall–Kier alpha value is -2.49. The van der Waals surface area contributed by atoms with Crippen LogP contribution in [0.2, 0.25) is 0 Å². The number of para-hydroxylation sites is 2. The van der Waals surface area contributed by atoms with Gasteiger partial charge in [0.2, 0.25) is 0 Å². The summed E-state index contributed by atoms with van der Waals surface area (Å²) in [4.78, 5) is 14.4. The standard InChI is InChI=1S/C19H22N2O2/c1-2-13-23-18-10-6-5-9-17(18)20-19(22)21-12-11-15-7-3-4-8-16(15)14-21/h3-10H,2,11-14H2,1H3,(H,20,22). The number of benzene rings is 2. The third kappa shape index (κ3) is 3.65. The molecule has 120 valence electrons. The highest BCUT2D eigenvalue weighted by molar-refractivity contribution is 5.91. The van der Waals surface area contributed by atoms with Crippen molar-refractivity contribution in [3.8, 4) is 5.75 Å². The van der Waals surface area contributed by atoms with E-state index in [0.29, 0.717) is 13.2 Å². The van der Waals surface area contributed by atoms with Gasteiger partial charge in [0.25, 0.3) is 0 Å². The molecule has 0 atom stereocenters. The molecule has 0 unspecified atom stereocenters. The molecule has 1 aliphatic rings. The molecular formula is C19H22N2O2. The molecule has 1 heterocycles. The van der Waals surface area contributed by atoms with Gasteiger partial charge in [0.15, 0.2) is 0 Å². The molecule has 1 N–H and O–H groups in total. The second-order valence-corrected chi connectivity index (χ2v) is 5.72. The number of rotatable bonds is 4. The van der Waals surface area contributed by atoms with Crippen molar-refractivity contribution in [1.82, 2.24) is 4.90 Å². The molecular weight excluding hydrogens is 288 g/mol. The predicted molar refractivity (Wildman–Crippen MR) is 91.8 cm³/mol. The minimum Gasteiger partial charge on any atom is -0.491 e. The number of ether oxygens (including phenoxy) is 1. The fourth-order valence-electron chi connectivity index (χ4n) is 2.77. The lowest BCUT2D eigenvalue weighted by molar-refractivity contribution is 0.206. The van der Waals surface area contributed by atoms with Crippen molar-refractivity contribution >= 4 is 11.7 Å². The molecule has 3 rings (SSSR count). The Morgan fingerprint density at radius 2 is 1.87 bits per heavy atom. The molecule has 2 aromatic rings. The van der Waals surface area contributed by atoms with Crippen molar-refractivity contribution in [2.75, 3.05) is 18.5 Å². The number of anilines is 1. The Morgan fingerprint density at radius 3 is 2.70 bits per heavy atom. The van der Waals surface area contributed by atoms with Crippen molar-refractivity contribution in [3.63, 3.8) is 0 Å². The highest BCUT2D eigenvalue weighted by atomic mass is 16.5. The summed E-state index contributed by atoms with van der Waals surface area (Å²) in [7, 11) is 0. The zero-order chi connectivity index (χ0) is 16.1. The van der Waals surface area contributed by atoms with Crippen LogP contribution < -0.4 is 10.1 Å². The van der Waals surface area contributed by atoms with E-state index in [9.17, 15) is 4.79 Å². The summed E-state index contributed by atoms with van der Waals surface area (Å²) in [6.45, 7) is 4.09. The first-order valence-electron chi connectivity index (χ1n) is 8.12. The van der Waals surface area contributed by atoms with E-state index in [1.165, 1.54) is 11.1 Å². The Bertz CT molecular complexity index is 685. The second-order valence-electron chi connectivity index (χ2n) is 5.72. The first kappa shape index (κ1) is 15.4. The molecule has 0 aromatic heterocycles. The lowest BCUT2D eigenvalue weighted by Crippen LogP contribution is -2.38. The van der Waals surface area contributed by atoms with Gasteiger partial charge in [0.1, 0.15) is 5.75 Å². The number of nitrogens with one attached hydrogen (secondary N) is 1. The van der Waals surface area contributed by atoms with E-state index in [1.807, 2.05) is 35.2 Å². The highest BCUT2D eigenvalue weighted by Gasteiger charge is 2.21. The second kappa shape index (κ2) is 7.18. The lowest BCUT2D eigenvalue weighted by Gasteiger charge is -2.29. The number of fused-ring (bicyclic) bond motifs is 1. The topological polar surface area (TPSA) is 41.6 Å². The van der Waals surface area contributed by atoms with Crippen molar-refractivity contribution in [3.05, 3.63) is 59.7 Å². The number of hydrogen-bond donors (Lipinski definition) is 1. The largest absolute Gasteiger partial charge is 0.491 e. The van der Waals surface area contributed by atoms with Gasteiger partial charge < -0.3 is 15.0 Å². The summed E-state index contributed by atoms with van der Waals surface area (Å²) in [5.41, 5.74) is 3.29. The van der Waals surface area contributed by atoms with Crippen LogP contribution in [0.25, 0.3) is 0 Å². The molecule has 0 fully saturated rings. The van der Waals surface area contributed by atoms with Crippen molar-refractivity contribution in [2.45, 2.75) is 26.3 Å². The van der Waals surface area contributed by atoms with Crippen LogP contribution in [0.5, 0.6) is 5.75 Å². The van der Waals surface area contributed by atoms with E-state index in [1.54, 1.807) is 0 Å². The van der Waals surface area contributed by atoms with Gasteiger partial charge in [-0.25, -0.2) is 4.79 Å². The van der Waals surface area contributed by atoms with E-state index >= 15 is 0 Å². The molecule has 0 bridgehead atoms. The molecule has 2 aromatic carbocycles. The average Bonchev–Trinajstić information content (AvgIpc) is 2.60. The summed E-state index contributed by atoms with van der Waals surface area (Å²) in [5, 5.41) is 2.98. The zero-order valence-electron chi connectivity index (χ0n) is 13.4. The molecule has 0 saturated carbocycles. The molecule has 4 heteroatoms. The maximum atomic E-state index is 12.6. The molecule has 0 saturated heterocycles. The van der Waals surface area contributed by atoms with Crippen LogP contribution in [0.1, 0.15) is 24.5 Å². The van der Waals surface area contributed by atoms with Gasteiger partial charge in [-0.3, -0.25) is 0 Å². The summed E-state index contributed by atoms with van der Waals surface area (Å²) >= 11 is 0. The Morgan fingerprint density at radius 1 is 1.13 bits per heavy atom. The third-order valence-corrected chi connectivity index (χ3v) is 4.01. The smallest absolute Gasteiger partial charge is 0.322 e. The van der Waals surface area contributed by atoms with Crippen LogP contribution in [0.4, 0.5) is 10.5 Å². The summed E-state index contributed by atoms with van der Waals surface area (Å²) in [6, 6.07) is 15.8. The third-order valence-electron chi connectivity index (χ3n) is 4.01. The minimum atomic E-state index is -0.0768. The monoisotopic (exact) mass is 310 g/mol. The molecule has 23 heavy (non-hydrogen) atoms. The lowest BCUT2D eigenvalue weighted by atomic mass is 10.0. The van der Waals surface area contributed by atoms with Crippen LogP contribution in [0.15, 0.2) is 48.5 Å². The van der Waals surface area contributed by atoms with E-state index in [4.69, 9.17) is 4.74 Å². The maximum Gasteiger partial charge on any atom is 0.322 e. The Balaban J connectivity index is 1.68. The van der Waals surface area contributed by atoms with Crippen LogP contribution in [0, 0.1) is 0 Å². The fourth-order valence-corrected chi connectivity index (χ4v) is 2.77. The number of carbonyl (C=O) groups is 1. The normalized spacial score (nSPS) is 13.3.